The molecule has 2 amide bonds. The van der Waals surface area contributed by atoms with Crippen molar-refractivity contribution in [3.8, 4) is 0 Å². The molecule has 0 saturated heterocycles. The molecule has 1 aliphatic carbocycles. The van der Waals surface area contributed by atoms with Crippen molar-refractivity contribution in [3.63, 3.8) is 0 Å². The molecule has 0 atom stereocenters. The van der Waals surface area contributed by atoms with Gasteiger partial charge >= 0.3 is 0 Å². The number of thioether (sulfide) groups is 1. The number of nitrogens with two attached hydrogens (primary N) is 1. The van der Waals surface area contributed by atoms with Crippen LogP contribution in [0.15, 0.2) is 24.3 Å². The minimum absolute atomic E-state index is 0.0933. The Labute approximate surface area is 142 Å². The van der Waals surface area contributed by atoms with Gasteiger partial charge < -0.3 is 11.1 Å². The molecule has 126 valence electrons. The Morgan fingerprint density at radius 1 is 1.17 bits per heavy atom. The monoisotopic (exact) mass is 334 g/mol. The smallest absolute Gasteiger partial charge is 0.243 e. The molecule has 3 N–H and O–H groups in total. The second-order valence-electron chi connectivity index (χ2n) is 6.33. The van der Waals surface area contributed by atoms with Gasteiger partial charge in [0.05, 0.1) is 5.75 Å². The highest BCUT2D eigenvalue weighted by Gasteiger charge is 2.38. The number of rotatable bonds is 6. The molecule has 0 aromatic heterocycles. The molecule has 1 aromatic carbocycles. The Hall–Kier alpha value is -1.49. The van der Waals surface area contributed by atoms with Gasteiger partial charge in [-0.1, -0.05) is 49.9 Å². The van der Waals surface area contributed by atoms with Crippen LogP contribution in [0.5, 0.6) is 0 Å². The van der Waals surface area contributed by atoms with Gasteiger partial charge in [0, 0.05) is 5.75 Å². The van der Waals surface area contributed by atoms with Crippen molar-refractivity contribution in [1.29, 1.82) is 0 Å². The van der Waals surface area contributed by atoms with Crippen molar-refractivity contribution in [1.82, 2.24) is 5.32 Å². The lowest BCUT2D eigenvalue weighted by Crippen LogP contribution is -2.57. The second kappa shape index (κ2) is 8.39. The molecule has 2 rings (SSSR count). The van der Waals surface area contributed by atoms with E-state index in [1.807, 2.05) is 12.1 Å². The van der Waals surface area contributed by atoms with Crippen LogP contribution < -0.4 is 11.1 Å². The van der Waals surface area contributed by atoms with E-state index in [2.05, 4.69) is 24.4 Å². The molecule has 0 bridgehead atoms. The molecule has 1 fully saturated rings. The Morgan fingerprint density at radius 2 is 1.83 bits per heavy atom. The van der Waals surface area contributed by atoms with Gasteiger partial charge in [-0.25, -0.2) is 0 Å². The summed E-state index contributed by atoms with van der Waals surface area (Å²) in [5.41, 5.74) is 7.24. The molecule has 0 aliphatic heterocycles. The molecule has 4 nitrogen and oxygen atoms in total. The number of amides is 2. The molecule has 1 saturated carbocycles. The van der Waals surface area contributed by atoms with Gasteiger partial charge in [0.1, 0.15) is 5.54 Å². The maximum atomic E-state index is 12.3. The van der Waals surface area contributed by atoms with Crippen molar-refractivity contribution in [3.05, 3.63) is 35.4 Å². The fourth-order valence-electron chi connectivity index (χ4n) is 3.09. The molecule has 23 heavy (non-hydrogen) atoms. The van der Waals surface area contributed by atoms with Crippen LogP contribution in [0.3, 0.4) is 0 Å². The lowest BCUT2D eigenvalue weighted by molar-refractivity contribution is -0.131. The summed E-state index contributed by atoms with van der Waals surface area (Å²) in [4.78, 5) is 24.2. The molecule has 1 aromatic rings. The van der Waals surface area contributed by atoms with E-state index >= 15 is 0 Å². The summed E-state index contributed by atoms with van der Waals surface area (Å²) in [5.74, 6) is 0.661. The molecular weight excluding hydrogens is 308 g/mol. The molecule has 0 heterocycles. The summed E-state index contributed by atoms with van der Waals surface area (Å²) in [6.45, 7) is 2.07. The lowest BCUT2D eigenvalue weighted by atomic mass is 9.89. The normalized spacial score (nSPS) is 17.3. The number of benzene rings is 1. The minimum atomic E-state index is -0.837. The highest BCUT2D eigenvalue weighted by atomic mass is 32.2. The zero-order chi connectivity index (χ0) is 16.7. The van der Waals surface area contributed by atoms with Gasteiger partial charge in [0.2, 0.25) is 11.8 Å². The first-order valence-electron chi connectivity index (χ1n) is 8.27. The SMILES string of the molecule is Cc1ccccc1CSCC(=O)NC1(C(N)=O)CCCCCC1. The van der Waals surface area contributed by atoms with E-state index < -0.39 is 11.4 Å². The number of carbonyl (C=O) groups excluding carboxylic acids is 2. The van der Waals surface area contributed by atoms with Gasteiger partial charge in [-0.2, -0.15) is 0 Å². The van der Waals surface area contributed by atoms with E-state index in [4.69, 9.17) is 5.73 Å². The van der Waals surface area contributed by atoms with E-state index in [-0.39, 0.29) is 5.91 Å². The number of carbonyl (C=O) groups is 2. The fraction of sp³-hybridized carbons (Fsp3) is 0.556. The van der Waals surface area contributed by atoms with Crippen molar-refractivity contribution < 1.29 is 9.59 Å². The first kappa shape index (κ1) is 17.9. The number of primary amides is 1. The van der Waals surface area contributed by atoms with Gasteiger partial charge in [0.15, 0.2) is 0 Å². The van der Waals surface area contributed by atoms with Crippen LogP contribution >= 0.6 is 11.8 Å². The van der Waals surface area contributed by atoms with Crippen molar-refractivity contribution in [2.24, 2.45) is 5.73 Å². The maximum absolute atomic E-state index is 12.3. The zero-order valence-corrected chi connectivity index (χ0v) is 14.6. The first-order valence-corrected chi connectivity index (χ1v) is 9.42. The Bertz CT molecular complexity index is 552. The van der Waals surface area contributed by atoms with Gasteiger partial charge in [-0.15, -0.1) is 11.8 Å². The van der Waals surface area contributed by atoms with Crippen LogP contribution in [0.4, 0.5) is 0 Å². The highest BCUT2D eigenvalue weighted by molar-refractivity contribution is 7.99. The van der Waals surface area contributed by atoms with Crippen LogP contribution in [0.1, 0.15) is 49.7 Å². The van der Waals surface area contributed by atoms with E-state index in [1.165, 1.54) is 11.1 Å². The van der Waals surface area contributed by atoms with Gasteiger partial charge in [-0.3, -0.25) is 9.59 Å². The zero-order valence-electron chi connectivity index (χ0n) is 13.8. The van der Waals surface area contributed by atoms with Crippen LogP contribution in [0, 0.1) is 6.92 Å². The van der Waals surface area contributed by atoms with Crippen LogP contribution in [0.2, 0.25) is 0 Å². The third-order valence-electron chi connectivity index (χ3n) is 4.56. The summed E-state index contributed by atoms with van der Waals surface area (Å²) < 4.78 is 0. The van der Waals surface area contributed by atoms with Crippen molar-refractivity contribution in [2.75, 3.05) is 5.75 Å². The van der Waals surface area contributed by atoms with Crippen LogP contribution in [-0.2, 0) is 15.3 Å². The maximum Gasteiger partial charge on any atom is 0.243 e. The Morgan fingerprint density at radius 3 is 2.43 bits per heavy atom. The third-order valence-corrected chi connectivity index (χ3v) is 5.54. The van der Waals surface area contributed by atoms with Crippen molar-refractivity contribution in [2.45, 2.75) is 56.7 Å². The van der Waals surface area contributed by atoms with E-state index in [0.29, 0.717) is 18.6 Å². The summed E-state index contributed by atoms with van der Waals surface area (Å²) in [7, 11) is 0. The number of aryl methyl sites for hydroxylation is 1. The molecule has 5 heteroatoms. The summed E-state index contributed by atoms with van der Waals surface area (Å²) in [6.07, 6.45) is 5.42. The largest absolute Gasteiger partial charge is 0.368 e. The average molecular weight is 334 g/mol. The average Bonchev–Trinajstić information content (AvgIpc) is 2.76. The van der Waals surface area contributed by atoms with Crippen LogP contribution in [-0.4, -0.2) is 23.1 Å². The Kier molecular flexibility index (Phi) is 6.51. The highest BCUT2D eigenvalue weighted by Crippen LogP contribution is 2.27. The fourth-order valence-corrected chi connectivity index (χ4v) is 4.00. The quantitative estimate of drug-likeness (QED) is 0.786. The standard InChI is InChI=1S/C18H26N2O2S/c1-14-8-4-5-9-15(14)12-23-13-16(21)20-18(17(19)22)10-6-2-3-7-11-18/h4-5,8-9H,2-3,6-7,10-13H2,1H3,(H2,19,22)(H,20,21). The Balaban J connectivity index is 1.87. The van der Waals surface area contributed by atoms with Crippen LogP contribution in [0.25, 0.3) is 0 Å². The first-order chi connectivity index (χ1) is 11.0. The topological polar surface area (TPSA) is 72.2 Å². The van der Waals surface area contributed by atoms with E-state index in [0.717, 1.165) is 31.4 Å². The van der Waals surface area contributed by atoms with E-state index in [1.54, 1.807) is 11.8 Å². The molecular formula is C18H26N2O2S. The number of hydrogen-bond acceptors (Lipinski definition) is 3. The molecule has 0 unspecified atom stereocenters. The number of nitrogens with one attached hydrogen (secondary N) is 1. The summed E-state index contributed by atoms with van der Waals surface area (Å²) in [6, 6.07) is 8.18. The minimum Gasteiger partial charge on any atom is -0.368 e. The second-order valence-corrected chi connectivity index (χ2v) is 7.31. The molecule has 0 radical (unpaired) electrons. The molecule has 1 aliphatic rings. The lowest BCUT2D eigenvalue weighted by Gasteiger charge is -2.30. The summed E-state index contributed by atoms with van der Waals surface area (Å²) >= 11 is 1.57. The van der Waals surface area contributed by atoms with Crippen molar-refractivity contribution >= 4 is 23.6 Å². The van der Waals surface area contributed by atoms with Gasteiger partial charge in [0.25, 0.3) is 0 Å². The predicted octanol–water partition coefficient (Wildman–Crippen LogP) is 2.92. The van der Waals surface area contributed by atoms with Gasteiger partial charge in [-0.05, 0) is 30.9 Å². The predicted molar refractivity (Wildman–Crippen MR) is 95.1 cm³/mol. The summed E-state index contributed by atoms with van der Waals surface area (Å²) in [5, 5.41) is 2.94. The van der Waals surface area contributed by atoms with E-state index in [9.17, 15) is 9.59 Å². The third kappa shape index (κ3) is 4.99. The molecule has 0 spiro atoms. The number of hydrogen-bond donors (Lipinski definition) is 2.